The van der Waals surface area contributed by atoms with Gasteiger partial charge in [0.15, 0.2) is 0 Å². The first-order valence-corrected chi connectivity index (χ1v) is 9.59. The lowest BCUT2D eigenvalue weighted by Gasteiger charge is -2.17. The second-order valence-corrected chi connectivity index (χ2v) is 7.46. The second kappa shape index (κ2) is 6.65. The third-order valence-electron chi connectivity index (χ3n) is 4.89. The molecule has 128 valence electrons. The molecule has 0 fully saturated rings. The summed E-state index contributed by atoms with van der Waals surface area (Å²) in [5.74, 6) is 0. The van der Waals surface area contributed by atoms with Crippen LogP contribution in [-0.2, 0) is 19.4 Å². The average molecular weight is 351 g/mol. The molecular formula is C20H21N3OS. The van der Waals surface area contributed by atoms with E-state index in [1.54, 1.807) is 4.57 Å². The van der Waals surface area contributed by atoms with E-state index in [1.807, 2.05) is 25.1 Å². The topological polar surface area (TPSA) is 60.9 Å². The lowest BCUT2D eigenvalue weighted by molar-refractivity contribution is 0.645. The van der Waals surface area contributed by atoms with Crippen LogP contribution in [0.1, 0.15) is 35.5 Å². The van der Waals surface area contributed by atoms with E-state index in [0.717, 1.165) is 40.9 Å². The summed E-state index contributed by atoms with van der Waals surface area (Å²) in [7, 11) is 0. The van der Waals surface area contributed by atoms with Crippen molar-refractivity contribution in [2.45, 2.75) is 43.1 Å². The van der Waals surface area contributed by atoms with Gasteiger partial charge in [0.25, 0.3) is 0 Å². The van der Waals surface area contributed by atoms with E-state index in [9.17, 15) is 4.79 Å². The number of fused-ring (bicyclic) bond motifs is 2. The van der Waals surface area contributed by atoms with Crippen LogP contribution in [0.3, 0.4) is 0 Å². The highest BCUT2D eigenvalue weighted by molar-refractivity contribution is 7.99. The van der Waals surface area contributed by atoms with Crippen LogP contribution in [0.15, 0.2) is 52.3 Å². The quantitative estimate of drug-likeness (QED) is 0.443. The molecule has 1 aliphatic carbocycles. The molecule has 2 aromatic carbocycles. The van der Waals surface area contributed by atoms with Crippen molar-refractivity contribution < 1.29 is 0 Å². The van der Waals surface area contributed by atoms with Crippen molar-refractivity contribution in [1.82, 2.24) is 9.55 Å². The summed E-state index contributed by atoms with van der Waals surface area (Å²) in [5, 5.41) is 2.89. The van der Waals surface area contributed by atoms with Crippen molar-refractivity contribution in [3.05, 3.63) is 69.8 Å². The van der Waals surface area contributed by atoms with Crippen LogP contribution in [-0.4, -0.2) is 9.55 Å². The molecule has 3 aromatic rings. The van der Waals surface area contributed by atoms with Gasteiger partial charge in [-0.05, 0) is 42.5 Å². The lowest BCUT2D eigenvalue weighted by atomic mass is 10.0. The molecule has 0 radical (unpaired) electrons. The summed E-state index contributed by atoms with van der Waals surface area (Å²) in [6.07, 6.45) is 3.02. The number of aromatic nitrogens is 2. The van der Waals surface area contributed by atoms with Crippen LogP contribution >= 0.6 is 11.8 Å². The Hall–Kier alpha value is -2.11. The van der Waals surface area contributed by atoms with Gasteiger partial charge in [0.05, 0.1) is 5.37 Å². The zero-order valence-electron chi connectivity index (χ0n) is 14.2. The Balaban J connectivity index is 1.74. The maximum absolute atomic E-state index is 12.4. The molecule has 5 heteroatoms. The van der Waals surface area contributed by atoms with Crippen LogP contribution in [0, 0.1) is 0 Å². The van der Waals surface area contributed by atoms with Crippen LogP contribution in [0.4, 0.5) is 0 Å². The van der Waals surface area contributed by atoms with Crippen molar-refractivity contribution in [3.63, 3.8) is 0 Å². The zero-order chi connectivity index (χ0) is 17.4. The second-order valence-electron chi connectivity index (χ2n) is 6.33. The molecule has 0 saturated carbocycles. The summed E-state index contributed by atoms with van der Waals surface area (Å²) in [6, 6.07) is 14.4. The van der Waals surface area contributed by atoms with E-state index in [-0.39, 0.29) is 11.1 Å². The zero-order valence-corrected chi connectivity index (χ0v) is 15.1. The Morgan fingerprint density at radius 3 is 2.84 bits per heavy atom. The fourth-order valence-corrected chi connectivity index (χ4v) is 4.76. The molecule has 0 saturated heterocycles. The van der Waals surface area contributed by atoms with Crippen LogP contribution in [0.25, 0.3) is 10.8 Å². The Morgan fingerprint density at radius 2 is 2.00 bits per heavy atom. The average Bonchev–Trinajstić information content (AvgIpc) is 3.11. The van der Waals surface area contributed by atoms with E-state index in [2.05, 4.69) is 29.2 Å². The fraction of sp³-hybridized carbons (Fsp3) is 0.300. The molecule has 0 spiro atoms. The van der Waals surface area contributed by atoms with Gasteiger partial charge in [0.1, 0.15) is 5.03 Å². The Labute approximate surface area is 151 Å². The molecule has 1 heterocycles. The van der Waals surface area contributed by atoms with Gasteiger partial charge >= 0.3 is 5.69 Å². The largest absolute Gasteiger partial charge is 0.348 e. The normalized spacial score (nSPS) is 14.6. The minimum absolute atomic E-state index is 0.157. The molecular weight excluding hydrogens is 330 g/mol. The maximum Gasteiger partial charge on any atom is 0.348 e. The predicted octanol–water partition coefficient (Wildman–Crippen LogP) is 3.65. The van der Waals surface area contributed by atoms with E-state index in [4.69, 9.17) is 5.73 Å². The Bertz CT molecular complexity index is 991. The molecule has 0 amide bonds. The van der Waals surface area contributed by atoms with Gasteiger partial charge in [-0.15, -0.1) is 0 Å². The third kappa shape index (κ3) is 2.87. The van der Waals surface area contributed by atoms with Gasteiger partial charge < -0.3 is 5.73 Å². The highest BCUT2D eigenvalue weighted by atomic mass is 32.2. The van der Waals surface area contributed by atoms with Crippen molar-refractivity contribution in [1.29, 1.82) is 0 Å². The molecule has 1 aliphatic rings. The van der Waals surface area contributed by atoms with Gasteiger partial charge in [-0.1, -0.05) is 54.2 Å². The summed E-state index contributed by atoms with van der Waals surface area (Å²) < 4.78 is 1.80. The van der Waals surface area contributed by atoms with Crippen molar-refractivity contribution in [2.24, 2.45) is 5.73 Å². The third-order valence-corrected chi connectivity index (χ3v) is 5.95. The minimum atomic E-state index is -0.250. The first-order chi connectivity index (χ1) is 12.2. The highest BCUT2D eigenvalue weighted by Crippen LogP contribution is 2.37. The molecule has 2 N–H and O–H groups in total. The Kier molecular flexibility index (Phi) is 4.36. The number of hydrogen-bond acceptors (Lipinski definition) is 4. The smallest absolute Gasteiger partial charge is 0.315 e. The molecule has 4 nitrogen and oxygen atoms in total. The molecule has 1 atom stereocenters. The molecule has 1 aromatic heterocycles. The Morgan fingerprint density at radius 1 is 1.20 bits per heavy atom. The van der Waals surface area contributed by atoms with Gasteiger partial charge in [-0.3, -0.25) is 4.57 Å². The number of nitrogens with two attached hydrogens (primary N) is 1. The lowest BCUT2D eigenvalue weighted by Crippen LogP contribution is -2.26. The van der Waals surface area contributed by atoms with Crippen LogP contribution in [0.2, 0.25) is 0 Å². The van der Waals surface area contributed by atoms with Gasteiger partial charge in [-0.25, -0.2) is 4.79 Å². The summed E-state index contributed by atoms with van der Waals surface area (Å²) in [4.78, 5) is 16.7. The first kappa shape index (κ1) is 16.4. The van der Waals surface area contributed by atoms with E-state index >= 15 is 0 Å². The highest BCUT2D eigenvalue weighted by Gasteiger charge is 2.23. The van der Waals surface area contributed by atoms with Crippen molar-refractivity contribution >= 4 is 22.5 Å². The number of rotatable bonds is 4. The minimum Gasteiger partial charge on any atom is -0.315 e. The SMILES string of the molecule is CCn1c2c(c(S[C@@H](N)c3cccc4ccccc34)nc1=O)CCC2. The number of hydrogen-bond donors (Lipinski definition) is 1. The fourth-order valence-electron chi connectivity index (χ4n) is 3.69. The van der Waals surface area contributed by atoms with Crippen LogP contribution in [0.5, 0.6) is 0 Å². The van der Waals surface area contributed by atoms with Crippen LogP contribution < -0.4 is 11.4 Å². The first-order valence-electron chi connectivity index (χ1n) is 8.71. The summed E-state index contributed by atoms with van der Waals surface area (Å²) in [5.41, 5.74) is 9.80. The van der Waals surface area contributed by atoms with E-state index in [1.165, 1.54) is 22.7 Å². The summed E-state index contributed by atoms with van der Waals surface area (Å²) in [6.45, 7) is 2.67. The number of nitrogens with zero attached hydrogens (tertiary/aromatic N) is 2. The molecule has 4 rings (SSSR count). The van der Waals surface area contributed by atoms with Gasteiger partial charge in [0.2, 0.25) is 0 Å². The number of benzene rings is 2. The maximum atomic E-state index is 12.4. The van der Waals surface area contributed by atoms with Crippen molar-refractivity contribution in [3.8, 4) is 0 Å². The number of thioether (sulfide) groups is 1. The monoisotopic (exact) mass is 351 g/mol. The molecule has 25 heavy (non-hydrogen) atoms. The molecule has 0 unspecified atom stereocenters. The standard InChI is InChI=1S/C20H21N3OS/c1-2-23-17-12-6-11-16(17)19(22-20(23)24)25-18(21)15-10-5-8-13-7-3-4-9-14(13)15/h3-5,7-10,18H,2,6,11-12,21H2,1H3/t18-/m1/s1. The molecule has 0 aliphatic heterocycles. The van der Waals surface area contributed by atoms with Crippen molar-refractivity contribution in [2.75, 3.05) is 0 Å². The van der Waals surface area contributed by atoms with E-state index in [0.29, 0.717) is 6.54 Å². The molecule has 0 bridgehead atoms. The van der Waals surface area contributed by atoms with Gasteiger partial charge in [-0.2, -0.15) is 4.98 Å². The summed E-state index contributed by atoms with van der Waals surface area (Å²) >= 11 is 1.50. The van der Waals surface area contributed by atoms with E-state index < -0.39 is 0 Å². The predicted molar refractivity (Wildman–Crippen MR) is 103 cm³/mol. The van der Waals surface area contributed by atoms with Gasteiger partial charge in [0, 0.05) is 17.8 Å².